The second-order valence-electron chi connectivity index (χ2n) is 4.48. The van der Waals surface area contributed by atoms with Gasteiger partial charge in [0.05, 0.1) is 6.20 Å². The number of thioether (sulfide) groups is 1. The zero-order chi connectivity index (χ0) is 11.2. The van der Waals surface area contributed by atoms with Gasteiger partial charge in [0.25, 0.3) is 0 Å². The summed E-state index contributed by atoms with van der Waals surface area (Å²) in [4.78, 5) is 0. The normalized spacial score (nSPS) is 17.8. The number of hydrogen-bond acceptors (Lipinski definition) is 3. The van der Waals surface area contributed by atoms with Crippen LogP contribution in [0.3, 0.4) is 0 Å². The highest BCUT2D eigenvalue weighted by atomic mass is 32.2. The van der Waals surface area contributed by atoms with Crippen molar-refractivity contribution in [2.24, 2.45) is 0 Å². The summed E-state index contributed by atoms with van der Waals surface area (Å²) in [5, 5.41) is 7.93. The lowest BCUT2D eigenvalue weighted by molar-refractivity contribution is 0.456. The molecule has 0 unspecified atom stereocenters. The fourth-order valence-electron chi connectivity index (χ4n) is 2.04. The highest BCUT2D eigenvalue weighted by Crippen LogP contribution is 2.16. The van der Waals surface area contributed by atoms with Gasteiger partial charge in [0.15, 0.2) is 0 Å². The molecule has 0 aromatic carbocycles. The van der Waals surface area contributed by atoms with Gasteiger partial charge >= 0.3 is 0 Å². The van der Waals surface area contributed by atoms with Crippen LogP contribution >= 0.6 is 11.8 Å². The van der Waals surface area contributed by atoms with Gasteiger partial charge in [0, 0.05) is 18.8 Å². The van der Waals surface area contributed by atoms with Crippen LogP contribution in [-0.4, -0.2) is 33.9 Å². The molecule has 1 saturated heterocycles. The topological polar surface area (TPSA) is 29.9 Å². The van der Waals surface area contributed by atoms with Gasteiger partial charge in [-0.2, -0.15) is 16.9 Å². The van der Waals surface area contributed by atoms with E-state index in [1.807, 2.05) is 10.9 Å². The van der Waals surface area contributed by atoms with Crippen molar-refractivity contribution >= 4 is 11.8 Å². The predicted molar refractivity (Wildman–Crippen MR) is 69.9 cm³/mol. The molecule has 0 spiro atoms. The van der Waals surface area contributed by atoms with Crippen molar-refractivity contribution in [1.29, 1.82) is 0 Å². The van der Waals surface area contributed by atoms with Crippen LogP contribution in [-0.2, 0) is 6.54 Å². The number of aryl methyl sites for hydroxylation is 2. The fraction of sp³-hybridized carbons (Fsp3) is 0.750. The van der Waals surface area contributed by atoms with Gasteiger partial charge in [0.2, 0.25) is 0 Å². The Kier molecular flexibility index (Phi) is 4.72. The van der Waals surface area contributed by atoms with Gasteiger partial charge < -0.3 is 5.32 Å². The molecule has 1 fully saturated rings. The highest BCUT2D eigenvalue weighted by molar-refractivity contribution is 7.99. The summed E-state index contributed by atoms with van der Waals surface area (Å²) in [7, 11) is 0. The van der Waals surface area contributed by atoms with E-state index in [1.54, 1.807) is 0 Å². The molecule has 1 aliphatic rings. The number of nitrogens with one attached hydrogen (secondary N) is 1. The van der Waals surface area contributed by atoms with E-state index in [0.29, 0.717) is 0 Å². The van der Waals surface area contributed by atoms with Gasteiger partial charge in [0.1, 0.15) is 0 Å². The van der Waals surface area contributed by atoms with Crippen molar-refractivity contribution in [3.8, 4) is 0 Å². The quantitative estimate of drug-likeness (QED) is 0.798. The summed E-state index contributed by atoms with van der Waals surface area (Å²) in [5.41, 5.74) is 1.25. The molecular weight excluding hydrogens is 218 g/mol. The molecule has 0 saturated carbocycles. The Hall–Kier alpha value is -0.480. The largest absolute Gasteiger partial charge is 0.314 e. The zero-order valence-electron chi connectivity index (χ0n) is 9.98. The molecule has 2 rings (SSSR count). The molecular formula is C12H21N3S. The molecule has 2 heterocycles. The third-order valence-corrected chi connectivity index (χ3v) is 4.03. The molecule has 90 valence electrons. The Balaban J connectivity index is 1.57. The molecule has 3 nitrogen and oxygen atoms in total. The monoisotopic (exact) mass is 239 g/mol. The average molecular weight is 239 g/mol. The van der Waals surface area contributed by atoms with Crippen LogP contribution in [0.25, 0.3) is 0 Å². The zero-order valence-corrected chi connectivity index (χ0v) is 10.8. The Morgan fingerprint density at radius 2 is 2.31 bits per heavy atom. The van der Waals surface area contributed by atoms with Crippen molar-refractivity contribution in [1.82, 2.24) is 15.1 Å². The first-order valence-electron chi connectivity index (χ1n) is 6.15. The maximum atomic E-state index is 4.29. The average Bonchev–Trinajstić information content (AvgIpc) is 2.72. The molecule has 1 aliphatic heterocycles. The molecule has 16 heavy (non-hydrogen) atoms. The Morgan fingerprint density at radius 1 is 1.50 bits per heavy atom. The Morgan fingerprint density at radius 3 is 3.00 bits per heavy atom. The smallest absolute Gasteiger partial charge is 0.0518 e. The lowest BCUT2D eigenvalue weighted by atomic mass is 10.1. The van der Waals surface area contributed by atoms with Gasteiger partial charge in [-0.3, -0.25) is 4.68 Å². The summed E-state index contributed by atoms with van der Waals surface area (Å²) >= 11 is 2.08. The van der Waals surface area contributed by atoms with Crippen molar-refractivity contribution in [2.75, 3.05) is 18.1 Å². The fourth-order valence-corrected chi connectivity index (χ4v) is 3.14. The predicted octanol–water partition coefficient (Wildman–Crippen LogP) is 2.07. The molecule has 1 aromatic rings. The highest BCUT2D eigenvalue weighted by Gasteiger charge is 2.11. The summed E-state index contributed by atoms with van der Waals surface area (Å²) in [6.45, 7) is 4.23. The number of rotatable bonds is 5. The van der Waals surface area contributed by atoms with Gasteiger partial charge in [-0.05, 0) is 49.8 Å². The van der Waals surface area contributed by atoms with Crippen LogP contribution in [0.1, 0.15) is 24.8 Å². The minimum Gasteiger partial charge on any atom is -0.314 e. The molecule has 1 N–H and O–H groups in total. The number of hydrogen-bond donors (Lipinski definition) is 1. The maximum Gasteiger partial charge on any atom is 0.0518 e. The third-order valence-electron chi connectivity index (χ3n) is 2.98. The van der Waals surface area contributed by atoms with E-state index in [4.69, 9.17) is 0 Å². The summed E-state index contributed by atoms with van der Waals surface area (Å²) < 4.78 is 2.04. The van der Waals surface area contributed by atoms with E-state index in [9.17, 15) is 0 Å². The first kappa shape index (κ1) is 12.0. The van der Waals surface area contributed by atoms with E-state index in [0.717, 1.165) is 19.1 Å². The van der Waals surface area contributed by atoms with Crippen molar-refractivity contribution in [3.63, 3.8) is 0 Å². The first-order chi connectivity index (χ1) is 7.84. The minimum atomic E-state index is 0.764. The van der Waals surface area contributed by atoms with Crippen LogP contribution < -0.4 is 5.32 Å². The Bertz CT molecular complexity index is 305. The van der Waals surface area contributed by atoms with Crippen molar-refractivity contribution in [3.05, 3.63) is 18.0 Å². The molecule has 0 bridgehead atoms. The lowest BCUT2D eigenvalue weighted by Gasteiger charge is -2.22. The van der Waals surface area contributed by atoms with E-state index in [1.165, 1.54) is 36.3 Å². The number of nitrogens with zero attached hydrogens (tertiary/aromatic N) is 2. The second kappa shape index (κ2) is 6.30. The summed E-state index contributed by atoms with van der Waals surface area (Å²) in [5.74, 6) is 2.66. The maximum absolute atomic E-state index is 4.29. The van der Waals surface area contributed by atoms with Crippen LogP contribution in [0.2, 0.25) is 0 Å². The van der Waals surface area contributed by atoms with E-state index in [2.05, 4.69) is 35.3 Å². The first-order valence-corrected chi connectivity index (χ1v) is 7.30. The third kappa shape index (κ3) is 3.83. The summed E-state index contributed by atoms with van der Waals surface area (Å²) in [6, 6.07) is 0.764. The van der Waals surface area contributed by atoms with Crippen LogP contribution in [0, 0.1) is 6.92 Å². The molecule has 4 heteroatoms. The van der Waals surface area contributed by atoms with Crippen LogP contribution in [0.15, 0.2) is 12.4 Å². The molecule has 1 aromatic heterocycles. The molecule has 0 radical (unpaired) electrons. The standard InChI is InChI=1S/C12H21N3S/c1-11-9-14-15(10-11)6-2-5-13-12-3-7-16-8-4-12/h9-10,12-13H,2-8H2,1H3. The molecule has 0 amide bonds. The van der Waals surface area contributed by atoms with E-state index in [-0.39, 0.29) is 0 Å². The van der Waals surface area contributed by atoms with E-state index >= 15 is 0 Å². The second-order valence-corrected chi connectivity index (χ2v) is 5.70. The van der Waals surface area contributed by atoms with Gasteiger partial charge in [-0.15, -0.1) is 0 Å². The SMILES string of the molecule is Cc1cnn(CCCNC2CCSCC2)c1. The molecule has 0 aliphatic carbocycles. The molecule has 0 atom stereocenters. The van der Waals surface area contributed by atoms with Crippen molar-refractivity contribution < 1.29 is 0 Å². The van der Waals surface area contributed by atoms with Gasteiger partial charge in [-0.25, -0.2) is 0 Å². The van der Waals surface area contributed by atoms with Crippen LogP contribution in [0.5, 0.6) is 0 Å². The summed E-state index contributed by atoms with van der Waals surface area (Å²) in [6.07, 6.45) is 7.88. The van der Waals surface area contributed by atoms with Crippen molar-refractivity contribution in [2.45, 2.75) is 38.8 Å². The van der Waals surface area contributed by atoms with E-state index < -0.39 is 0 Å². The number of aromatic nitrogens is 2. The Labute approximate surface area is 102 Å². The minimum absolute atomic E-state index is 0.764. The lowest BCUT2D eigenvalue weighted by Crippen LogP contribution is -2.33. The van der Waals surface area contributed by atoms with Gasteiger partial charge in [-0.1, -0.05) is 0 Å². The van der Waals surface area contributed by atoms with Crippen LogP contribution in [0.4, 0.5) is 0 Å².